The average Bonchev–Trinajstić information content (AvgIpc) is 3.71. The van der Waals surface area contributed by atoms with Gasteiger partial charge >= 0.3 is 6.09 Å². The molecular formula is C30H38N4O5. The maximum atomic E-state index is 13.0. The van der Waals surface area contributed by atoms with Crippen molar-refractivity contribution in [1.82, 2.24) is 16.0 Å². The summed E-state index contributed by atoms with van der Waals surface area (Å²) in [6, 6.07) is 14.6. The van der Waals surface area contributed by atoms with Gasteiger partial charge < -0.3 is 26.4 Å². The van der Waals surface area contributed by atoms with Gasteiger partial charge in [-0.2, -0.15) is 0 Å². The number of hydrogen-bond donors (Lipinski definition) is 4. The van der Waals surface area contributed by atoms with Gasteiger partial charge in [-0.15, -0.1) is 0 Å². The molecule has 0 spiro atoms. The second kappa shape index (κ2) is 12.8. The lowest BCUT2D eigenvalue weighted by Gasteiger charge is -2.23. The van der Waals surface area contributed by atoms with Crippen LogP contribution >= 0.6 is 0 Å². The molecule has 39 heavy (non-hydrogen) atoms. The highest BCUT2D eigenvalue weighted by atomic mass is 16.5. The van der Waals surface area contributed by atoms with E-state index in [0.29, 0.717) is 19.3 Å². The molecule has 0 saturated heterocycles. The number of hydrogen-bond acceptors (Lipinski definition) is 5. The summed E-state index contributed by atoms with van der Waals surface area (Å²) in [5.74, 6) is -1.17. The van der Waals surface area contributed by atoms with Gasteiger partial charge in [0.25, 0.3) is 0 Å². The van der Waals surface area contributed by atoms with Crippen molar-refractivity contribution >= 4 is 23.8 Å². The van der Waals surface area contributed by atoms with E-state index >= 15 is 0 Å². The van der Waals surface area contributed by atoms with Crippen LogP contribution < -0.4 is 21.7 Å². The van der Waals surface area contributed by atoms with E-state index in [4.69, 9.17) is 10.5 Å². The Bertz CT molecular complexity index is 1160. The van der Waals surface area contributed by atoms with E-state index in [1.807, 2.05) is 38.1 Å². The number of primary amides is 1. The lowest BCUT2D eigenvalue weighted by atomic mass is 9.98. The summed E-state index contributed by atoms with van der Waals surface area (Å²) in [7, 11) is 0. The first-order chi connectivity index (χ1) is 18.7. The smallest absolute Gasteiger partial charge is 0.407 e. The molecule has 0 radical (unpaired) electrons. The lowest BCUT2D eigenvalue weighted by molar-refractivity contribution is -0.132. The van der Waals surface area contributed by atoms with E-state index in [0.717, 1.165) is 35.1 Å². The van der Waals surface area contributed by atoms with Gasteiger partial charge in [-0.1, -0.05) is 62.4 Å². The summed E-state index contributed by atoms with van der Waals surface area (Å²) in [4.78, 5) is 49.6. The molecule has 2 aromatic carbocycles. The van der Waals surface area contributed by atoms with Crippen LogP contribution in [-0.4, -0.2) is 49.1 Å². The first-order valence-electron chi connectivity index (χ1n) is 13.7. The molecule has 2 atom stereocenters. The van der Waals surface area contributed by atoms with Gasteiger partial charge in [0.1, 0.15) is 18.7 Å². The summed E-state index contributed by atoms with van der Waals surface area (Å²) in [5, 5.41) is 8.23. The van der Waals surface area contributed by atoms with Gasteiger partial charge in [0.2, 0.25) is 17.7 Å². The van der Waals surface area contributed by atoms with E-state index in [9.17, 15) is 19.2 Å². The van der Waals surface area contributed by atoms with Crippen LogP contribution in [0.2, 0.25) is 0 Å². The standard InChI is InChI=1S/C30H38N4O5/c1-18(2)16-26(27(31)35)34-29(37)25(33-28(36)19-13-14-19)12-7-15-32-30(38)39-17-24-22-10-5-3-8-20(22)21-9-4-6-11-23(21)24/h3-6,8-11,18-19,24-26H,7,12-17H2,1-2H3,(H2,31,35)(H,32,38)(H,33,36)(H,34,37). The highest BCUT2D eigenvalue weighted by Gasteiger charge is 2.33. The fourth-order valence-electron chi connectivity index (χ4n) is 5.04. The highest BCUT2D eigenvalue weighted by Crippen LogP contribution is 2.44. The molecule has 9 nitrogen and oxygen atoms in total. The Balaban J connectivity index is 1.27. The van der Waals surface area contributed by atoms with E-state index in [1.54, 1.807) is 0 Å². The van der Waals surface area contributed by atoms with E-state index in [-0.39, 0.29) is 36.8 Å². The zero-order chi connectivity index (χ0) is 27.9. The zero-order valence-electron chi connectivity index (χ0n) is 22.6. The van der Waals surface area contributed by atoms with E-state index in [2.05, 4.69) is 40.2 Å². The predicted octanol–water partition coefficient (Wildman–Crippen LogP) is 3.22. The monoisotopic (exact) mass is 534 g/mol. The Labute approximate surface area is 229 Å². The third-order valence-corrected chi connectivity index (χ3v) is 7.23. The molecule has 5 N–H and O–H groups in total. The molecule has 1 saturated carbocycles. The Hall–Kier alpha value is -3.88. The van der Waals surface area contributed by atoms with Gasteiger partial charge in [0.15, 0.2) is 0 Å². The number of amides is 4. The minimum Gasteiger partial charge on any atom is -0.449 e. The van der Waals surface area contributed by atoms with Gasteiger partial charge in [0, 0.05) is 18.4 Å². The van der Waals surface area contributed by atoms with Crippen molar-refractivity contribution in [3.8, 4) is 11.1 Å². The molecule has 0 bridgehead atoms. The molecule has 0 heterocycles. The van der Waals surface area contributed by atoms with E-state index < -0.39 is 30.0 Å². The Morgan fingerprint density at radius 1 is 0.923 bits per heavy atom. The summed E-state index contributed by atoms with van der Waals surface area (Å²) >= 11 is 0. The van der Waals surface area contributed by atoms with E-state index in [1.165, 1.54) is 0 Å². The van der Waals surface area contributed by atoms with Crippen molar-refractivity contribution in [2.24, 2.45) is 17.6 Å². The van der Waals surface area contributed by atoms with Gasteiger partial charge in [0.05, 0.1) is 0 Å². The Morgan fingerprint density at radius 3 is 2.10 bits per heavy atom. The molecule has 2 aliphatic carbocycles. The van der Waals surface area contributed by atoms with Crippen LogP contribution in [0.15, 0.2) is 48.5 Å². The molecular weight excluding hydrogens is 496 g/mol. The quantitative estimate of drug-likeness (QED) is 0.292. The number of carbonyl (C=O) groups is 4. The lowest BCUT2D eigenvalue weighted by Crippen LogP contribution is -2.53. The van der Waals surface area contributed by atoms with Crippen molar-refractivity contribution in [2.45, 2.75) is 64.0 Å². The minimum atomic E-state index is -0.823. The predicted molar refractivity (Wildman–Crippen MR) is 148 cm³/mol. The number of alkyl carbamates (subject to hydrolysis) is 1. The second-order valence-electron chi connectivity index (χ2n) is 10.8. The normalized spacial score (nSPS) is 15.6. The number of nitrogens with one attached hydrogen (secondary N) is 3. The highest BCUT2D eigenvalue weighted by molar-refractivity contribution is 5.92. The fourth-order valence-corrected chi connectivity index (χ4v) is 5.04. The third kappa shape index (κ3) is 7.37. The van der Waals surface area contributed by atoms with Crippen LogP contribution in [0, 0.1) is 11.8 Å². The van der Waals surface area contributed by atoms with Crippen LogP contribution in [0.4, 0.5) is 4.79 Å². The molecule has 4 rings (SSSR count). The number of ether oxygens (including phenoxy) is 1. The van der Waals surface area contributed by atoms with Gasteiger partial charge in [-0.25, -0.2) is 4.79 Å². The number of carbonyl (C=O) groups excluding carboxylic acids is 4. The van der Waals surface area contributed by atoms with Gasteiger partial charge in [-0.3, -0.25) is 14.4 Å². The van der Waals surface area contributed by atoms with Crippen molar-refractivity contribution in [2.75, 3.05) is 13.2 Å². The SMILES string of the molecule is CC(C)CC(NC(=O)C(CCCNC(=O)OCC1c2ccccc2-c2ccccc21)NC(=O)C1CC1)C(N)=O. The summed E-state index contributed by atoms with van der Waals surface area (Å²) in [6.07, 6.45) is 2.21. The maximum absolute atomic E-state index is 13.0. The Morgan fingerprint density at radius 2 is 1.54 bits per heavy atom. The molecule has 1 fully saturated rings. The second-order valence-corrected chi connectivity index (χ2v) is 10.8. The van der Waals surface area contributed by atoms with Crippen LogP contribution in [0.25, 0.3) is 11.1 Å². The summed E-state index contributed by atoms with van der Waals surface area (Å²) < 4.78 is 5.56. The zero-order valence-corrected chi connectivity index (χ0v) is 22.6. The van der Waals surface area contributed by atoms with Crippen molar-refractivity contribution in [3.63, 3.8) is 0 Å². The number of rotatable bonds is 13. The van der Waals surface area contributed by atoms with Crippen LogP contribution in [0.3, 0.4) is 0 Å². The third-order valence-electron chi connectivity index (χ3n) is 7.23. The molecule has 0 aliphatic heterocycles. The summed E-state index contributed by atoms with van der Waals surface area (Å²) in [6.45, 7) is 4.35. The van der Waals surface area contributed by atoms with Crippen LogP contribution in [0.5, 0.6) is 0 Å². The molecule has 0 aromatic heterocycles. The molecule has 2 unspecified atom stereocenters. The largest absolute Gasteiger partial charge is 0.449 e. The van der Waals surface area contributed by atoms with Crippen molar-refractivity contribution < 1.29 is 23.9 Å². The number of benzene rings is 2. The maximum Gasteiger partial charge on any atom is 0.407 e. The van der Waals surface area contributed by atoms with Crippen molar-refractivity contribution in [3.05, 3.63) is 59.7 Å². The van der Waals surface area contributed by atoms with Crippen LogP contribution in [0.1, 0.15) is 63.0 Å². The average molecular weight is 535 g/mol. The molecule has 208 valence electrons. The van der Waals surface area contributed by atoms with Gasteiger partial charge in [-0.05, 0) is 60.3 Å². The molecule has 4 amide bonds. The topological polar surface area (TPSA) is 140 Å². The Kier molecular flexibility index (Phi) is 9.22. The number of fused-ring (bicyclic) bond motifs is 3. The molecule has 2 aliphatic rings. The molecule has 9 heteroatoms. The van der Waals surface area contributed by atoms with Crippen LogP contribution in [-0.2, 0) is 19.1 Å². The first kappa shape index (κ1) is 28.1. The minimum absolute atomic E-state index is 0.0297. The fraction of sp³-hybridized carbons (Fsp3) is 0.467. The summed E-state index contributed by atoms with van der Waals surface area (Å²) in [5.41, 5.74) is 10.1. The van der Waals surface area contributed by atoms with Crippen molar-refractivity contribution in [1.29, 1.82) is 0 Å². The first-order valence-corrected chi connectivity index (χ1v) is 13.7. The molecule has 2 aromatic rings. The number of nitrogens with two attached hydrogens (primary N) is 1.